The lowest BCUT2D eigenvalue weighted by Crippen LogP contribution is -2.59. The van der Waals surface area contributed by atoms with Crippen molar-refractivity contribution < 1.29 is 27.5 Å². The molecule has 8 nitrogen and oxygen atoms in total. The summed E-state index contributed by atoms with van der Waals surface area (Å²) in [5, 5.41) is 2.95. The van der Waals surface area contributed by atoms with Crippen LogP contribution in [0.1, 0.15) is 48.0 Å². The summed E-state index contributed by atoms with van der Waals surface area (Å²) in [5.74, 6) is -1.07. The third kappa shape index (κ3) is 6.05. The Labute approximate surface area is 184 Å². The highest BCUT2D eigenvalue weighted by molar-refractivity contribution is 7.90. The molecule has 1 saturated heterocycles. The zero-order valence-electron chi connectivity index (χ0n) is 18.3. The van der Waals surface area contributed by atoms with Crippen LogP contribution in [0, 0.1) is 6.92 Å². The molecule has 1 amide bonds. The van der Waals surface area contributed by atoms with Gasteiger partial charge in [-0.15, -0.1) is 0 Å². The predicted molar refractivity (Wildman–Crippen MR) is 116 cm³/mol. The van der Waals surface area contributed by atoms with Crippen molar-refractivity contribution in [1.29, 1.82) is 0 Å². The number of carbonyl (C=O) groups excluding carboxylic acids is 2. The Balaban J connectivity index is 1.57. The molecule has 2 aliphatic rings. The maximum absolute atomic E-state index is 12.4. The van der Waals surface area contributed by atoms with Gasteiger partial charge in [-0.3, -0.25) is 9.69 Å². The summed E-state index contributed by atoms with van der Waals surface area (Å²) < 4.78 is 34.2. The molecule has 1 saturated carbocycles. The Morgan fingerprint density at radius 3 is 2.48 bits per heavy atom. The quantitative estimate of drug-likeness (QED) is 0.628. The van der Waals surface area contributed by atoms with E-state index in [1.165, 1.54) is 18.6 Å². The number of nitrogens with one attached hydrogen (secondary N) is 1. The van der Waals surface area contributed by atoms with Crippen LogP contribution in [-0.2, 0) is 24.1 Å². The van der Waals surface area contributed by atoms with Crippen molar-refractivity contribution in [3.8, 4) is 0 Å². The molecular weight excluding hydrogens is 420 g/mol. The highest BCUT2D eigenvalue weighted by atomic mass is 32.2. The zero-order valence-corrected chi connectivity index (χ0v) is 19.1. The molecule has 0 atom stereocenters. The first-order valence-corrected chi connectivity index (χ1v) is 12.7. The maximum atomic E-state index is 12.4. The highest BCUT2D eigenvalue weighted by Crippen LogP contribution is 2.33. The highest BCUT2D eigenvalue weighted by Gasteiger charge is 2.38. The van der Waals surface area contributed by atoms with Crippen LogP contribution in [0.2, 0.25) is 0 Å². The lowest BCUT2D eigenvalue weighted by atomic mass is 9.79. The minimum atomic E-state index is -3.45. The summed E-state index contributed by atoms with van der Waals surface area (Å²) in [4.78, 5) is 27.3. The summed E-state index contributed by atoms with van der Waals surface area (Å²) in [5.41, 5.74) is 0.668. The topological polar surface area (TPSA) is 102 Å². The van der Waals surface area contributed by atoms with E-state index in [9.17, 15) is 18.0 Å². The Hall–Kier alpha value is -1.97. The van der Waals surface area contributed by atoms with Crippen molar-refractivity contribution in [2.75, 3.05) is 45.7 Å². The Kier molecular flexibility index (Phi) is 7.72. The number of nitrogens with zero attached hydrogens (tertiary/aromatic N) is 1. The van der Waals surface area contributed by atoms with Crippen LogP contribution in [0.3, 0.4) is 0 Å². The number of ether oxygens (including phenoxy) is 2. The van der Waals surface area contributed by atoms with Gasteiger partial charge in [0, 0.05) is 31.4 Å². The van der Waals surface area contributed by atoms with Gasteiger partial charge in [0.05, 0.1) is 23.7 Å². The van der Waals surface area contributed by atoms with E-state index in [2.05, 4.69) is 10.2 Å². The van der Waals surface area contributed by atoms with E-state index in [0.29, 0.717) is 25.3 Å². The molecule has 1 N–H and O–H groups in total. The van der Waals surface area contributed by atoms with Crippen LogP contribution >= 0.6 is 0 Å². The van der Waals surface area contributed by atoms with E-state index < -0.39 is 22.4 Å². The first-order valence-electron chi connectivity index (χ1n) is 10.8. The van der Waals surface area contributed by atoms with E-state index >= 15 is 0 Å². The second-order valence-electron chi connectivity index (χ2n) is 8.49. The number of aryl methyl sites for hydroxylation is 1. The lowest BCUT2D eigenvalue weighted by molar-refractivity contribution is -0.125. The predicted octanol–water partition coefficient (Wildman–Crippen LogP) is 1.71. The fourth-order valence-electron chi connectivity index (χ4n) is 4.43. The molecule has 1 aliphatic heterocycles. The zero-order chi connectivity index (χ0) is 22.5. The average molecular weight is 453 g/mol. The third-order valence-corrected chi connectivity index (χ3v) is 7.38. The number of esters is 1. The molecule has 2 fully saturated rings. The molecule has 0 radical (unpaired) electrons. The minimum Gasteiger partial charge on any atom is -0.452 e. The first-order chi connectivity index (χ1) is 14.7. The maximum Gasteiger partial charge on any atom is 0.338 e. The number of amides is 1. The van der Waals surface area contributed by atoms with Gasteiger partial charge in [-0.2, -0.15) is 0 Å². The molecule has 31 heavy (non-hydrogen) atoms. The lowest BCUT2D eigenvalue weighted by Gasteiger charge is -2.48. The van der Waals surface area contributed by atoms with E-state index in [-0.39, 0.29) is 21.9 Å². The van der Waals surface area contributed by atoms with Gasteiger partial charge in [-0.1, -0.05) is 25.3 Å². The molecule has 3 rings (SSSR count). The number of hydrogen-bond donors (Lipinski definition) is 1. The Bertz CT molecular complexity index is 903. The van der Waals surface area contributed by atoms with Crippen LogP contribution < -0.4 is 5.32 Å². The SMILES string of the molecule is Cc1ccc(S(C)(=O)=O)cc1C(=O)OCC(=O)NCC1(N2CCOCC2)CCCCC1. The first kappa shape index (κ1) is 23.7. The molecule has 0 bridgehead atoms. The third-order valence-electron chi connectivity index (χ3n) is 6.27. The van der Waals surface area contributed by atoms with Gasteiger partial charge in [0.2, 0.25) is 0 Å². The molecule has 0 aromatic heterocycles. The Morgan fingerprint density at radius 2 is 1.84 bits per heavy atom. The molecule has 1 aromatic carbocycles. The van der Waals surface area contributed by atoms with Crippen molar-refractivity contribution in [3.63, 3.8) is 0 Å². The molecule has 0 spiro atoms. The molecule has 1 aliphatic carbocycles. The summed E-state index contributed by atoms with van der Waals surface area (Å²) in [6.45, 7) is 4.95. The number of benzene rings is 1. The van der Waals surface area contributed by atoms with Crippen LogP contribution in [0.25, 0.3) is 0 Å². The summed E-state index contributed by atoms with van der Waals surface area (Å²) >= 11 is 0. The van der Waals surface area contributed by atoms with Crippen molar-refractivity contribution in [3.05, 3.63) is 29.3 Å². The van der Waals surface area contributed by atoms with Crippen molar-refractivity contribution in [1.82, 2.24) is 10.2 Å². The fraction of sp³-hybridized carbons (Fsp3) is 0.636. The van der Waals surface area contributed by atoms with Gasteiger partial charge >= 0.3 is 5.97 Å². The number of sulfone groups is 1. The van der Waals surface area contributed by atoms with Crippen molar-refractivity contribution in [2.24, 2.45) is 0 Å². The standard InChI is InChI=1S/C22H32N2O6S/c1-17-6-7-18(31(2,27)28)14-19(17)21(26)30-15-20(25)23-16-22(8-4-3-5-9-22)24-10-12-29-13-11-24/h6-7,14H,3-5,8-13,15-16H2,1-2H3,(H,23,25). The fourth-order valence-corrected chi connectivity index (χ4v) is 5.07. The minimum absolute atomic E-state index is 0.0410. The number of rotatable bonds is 7. The largest absolute Gasteiger partial charge is 0.452 e. The van der Waals surface area contributed by atoms with Gasteiger partial charge in [-0.05, 0) is 37.5 Å². The summed E-state index contributed by atoms with van der Waals surface area (Å²) in [7, 11) is -3.45. The normalized spacial score (nSPS) is 19.5. The molecule has 9 heteroatoms. The van der Waals surface area contributed by atoms with Gasteiger partial charge in [0.25, 0.3) is 5.91 Å². The van der Waals surface area contributed by atoms with E-state index in [1.807, 2.05) is 0 Å². The smallest absolute Gasteiger partial charge is 0.338 e. The second kappa shape index (κ2) is 10.1. The van der Waals surface area contributed by atoms with E-state index in [4.69, 9.17) is 9.47 Å². The molecule has 1 aromatic rings. The van der Waals surface area contributed by atoms with Crippen LogP contribution in [0.15, 0.2) is 23.1 Å². The molecular formula is C22H32N2O6S. The van der Waals surface area contributed by atoms with E-state index in [1.54, 1.807) is 13.0 Å². The average Bonchev–Trinajstić information content (AvgIpc) is 2.77. The molecule has 172 valence electrons. The van der Waals surface area contributed by atoms with E-state index in [0.717, 1.165) is 45.0 Å². The summed E-state index contributed by atoms with van der Waals surface area (Å²) in [6, 6.07) is 4.30. The Morgan fingerprint density at radius 1 is 1.16 bits per heavy atom. The monoisotopic (exact) mass is 452 g/mol. The van der Waals surface area contributed by atoms with Crippen molar-refractivity contribution >= 4 is 21.7 Å². The van der Waals surface area contributed by atoms with Crippen molar-refractivity contribution in [2.45, 2.75) is 49.5 Å². The van der Waals surface area contributed by atoms with Crippen LogP contribution in [-0.4, -0.2) is 76.4 Å². The van der Waals surface area contributed by atoms with Gasteiger partial charge < -0.3 is 14.8 Å². The van der Waals surface area contributed by atoms with Gasteiger partial charge in [0.1, 0.15) is 0 Å². The van der Waals surface area contributed by atoms with Crippen LogP contribution in [0.5, 0.6) is 0 Å². The number of morpholine rings is 1. The second-order valence-corrected chi connectivity index (χ2v) is 10.5. The van der Waals surface area contributed by atoms with Crippen LogP contribution in [0.4, 0.5) is 0 Å². The van der Waals surface area contributed by atoms with Gasteiger partial charge in [0.15, 0.2) is 16.4 Å². The molecule has 1 heterocycles. The molecule has 0 unspecified atom stereocenters. The number of carbonyl (C=O) groups is 2. The summed E-state index contributed by atoms with van der Waals surface area (Å²) in [6.07, 6.45) is 6.63. The number of hydrogen-bond acceptors (Lipinski definition) is 7. The van der Waals surface area contributed by atoms with Gasteiger partial charge in [-0.25, -0.2) is 13.2 Å².